The number of nitrogens with one attached hydrogen (secondary N) is 1. The average Bonchev–Trinajstić information content (AvgIpc) is 1.99. The third-order valence-electron chi connectivity index (χ3n) is 1.18. The fourth-order valence-corrected chi connectivity index (χ4v) is 0.431. The summed E-state index contributed by atoms with van der Waals surface area (Å²) in [7, 11) is 0. The van der Waals surface area contributed by atoms with Crippen LogP contribution in [0.2, 0.25) is 0 Å². The van der Waals surface area contributed by atoms with Crippen LogP contribution < -0.4 is 5.32 Å². The number of carbonyl (C=O) groups excluding carboxylic acids is 2. The van der Waals surface area contributed by atoms with Gasteiger partial charge in [-0.3, -0.25) is 4.79 Å². The predicted octanol–water partition coefficient (Wildman–Crippen LogP) is 0.278. The first kappa shape index (κ1) is 11.9. The van der Waals surface area contributed by atoms with Gasteiger partial charge in [0, 0.05) is 6.54 Å². The molecule has 1 amide bonds. The first-order chi connectivity index (χ1) is 5.88. The first-order valence-corrected chi connectivity index (χ1v) is 3.99. The Hall–Kier alpha value is -1.10. The Morgan fingerprint density at radius 3 is 2.31 bits per heavy atom. The van der Waals surface area contributed by atoms with Crippen molar-refractivity contribution in [3.8, 4) is 0 Å². The monoisotopic (exact) mass is 189 g/mol. The Labute approximate surface area is 77.1 Å². The summed E-state index contributed by atoms with van der Waals surface area (Å²) in [6.07, 6.45) is -0.825. The van der Waals surface area contributed by atoms with Crippen molar-refractivity contribution in [1.82, 2.24) is 5.32 Å². The first-order valence-electron chi connectivity index (χ1n) is 3.99. The molecule has 0 aliphatic carbocycles. The third-order valence-corrected chi connectivity index (χ3v) is 1.18. The highest BCUT2D eigenvalue weighted by Gasteiger charge is 2.25. The number of amides is 1. The number of ether oxygens (including phenoxy) is 1. The molecule has 0 atom stereocenters. The number of rotatable bonds is 2. The number of aliphatic hydroxyl groups is 1. The molecule has 0 unspecified atom stereocenters. The molecule has 0 saturated carbocycles. The van der Waals surface area contributed by atoms with Crippen LogP contribution in [0.15, 0.2) is 0 Å². The highest BCUT2D eigenvalue weighted by Crippen LogP contribution is 2.14. The van der Waals surface area contributed by atoms with Crippen LogP contribution in [0.1, 0.15) is 20.8 Å². The lowest BCUT2D eigenvalue weighted by molar-refractivity contribution is -0.146. The molecule has 0 saturated heterocycles. The van der Waals surface area contributed by atoms with E-state index >= 15 is 0 Å². The van der Waals surface area contributed by atoms with Crippen molar-refractivity contribution in [3.63, 3.8) is 0 Å². The smallest absolute Gasteiger partial charge is 0.395 e. The number of alkyl carbamates (subject to hydrolysis) is 1. The summed E-state index contributed by atoms with van der Waals surface area (Å²) < 4.78 is 4.42. The predicted molar refractivity (Wildman–Crippen MR) is 46.0 cm³/mol. The zero-order chi connectivity index (χ0) is 10.5. The van der Waals surface area contributed by atoms with Crippen molar-refractivity contribution in [3.05, 3.63) is 0 Å². The second kappa shape index (κ2) is 4.81. The molecular formula is C8H15NO4. The maximum absolute atomic E-state index is 11.1. The summed E-state index contributed by atoms with van der Waals surface area (Å²) in [5, 5.41) is 10.6. The SMILES string of the molecule is CC(C)(C)C(=O)OC(=O)NCCO. The molecule has 0 aromatic carbocycles. The fraction of sp³-hybridized carbons (Fsp3) is 0.750. The maximum atomic E-state index is 11.1. The molecule has 0 aliphatic heterocycles. The van der Waals surface area contributed by atoms with Crippen LogP contribution in [0, 0.1) is 5.41 Å². The summed E-state index contributed by atoms with van der Waals surface area (Å²) in [5.74, 6) is -0.595. The third kappa shape index (κ3) is 5.19. The van der Waals surface area contributed by atoms with Crippen LogP contribution in [0.5, 0.6) is 0 Å². The molecule has 0 heterocycles. The van der Waals surface area contributed by atoms with Crippen LogP contribution in [0.3, 0.4) is 0 Å². The minimum Gasteiger partial charge on any atom is -0.395 e. The van der Waals surface area contributed by atoms with Gasteiger partial charge in [-0.1, -0.05) is 0 Å². The van der Waals surface area contributed by atoms with Gasteiger partial charge in [0.1, 0.15) is 0 Å². The van der Waals surface area contributed by atoms with Gasteiger partial charge in [0.15, 0.2) is 0 Å². The van der Waals surface area contributed by atoms with E-state index in [0.717, 1.165) is 0 Å². The van der Waals surface area contributed by atoms with Crippen LogP contribution >= 0.6 is 0 Å². The quantitative estimate of drug-likeness (QED) is 0.483. The highest BCUT2D eigenvalue weighted by atomic mass is 16.6. The van der Waals surface area contributed by atoms with Crippen molar-refractivity contribution < 1.29 is 19.4 Å². The van der Waals surface area contributed by atoms with Gasteiger partial charge in [-0.05, 0) is 20.8 Å². The molecule has 13 heavy (non-hydrogen) atoms. The van der Waals surface area contributed by atoms with Gasteiger partial charge in [-0.2, -0.15) is 0 Å². The average molecular weight is 189 g/mol. The highest BCUT2D eigenvalue weighted by molar-refractivity contribution is 5.87. The second-order valence-corrected chi connectivity index (χ2v) is 3.58. The summed E-state index contributed by atoms with van der Waals surface area (Å²) >= 11 is 0. The molecule has 0 bridgehead atoms. The molecular weight excluding hydrogens is 174 g/mol. The second-order valence-electron chi connectivity index (χ2n) is 3.58. The van der Waals surface area contributed by atoms with E-state index in [9.17, 15) is 9.59 Å². The van der Waals surface area contributed by atoms with Crippen molar-refractivity contribution in [2.75, 3.05) is 13.2 Å². The molecule has 0 aromatic heterocycles. The summed E-state index contributed by atoms with van der Waals surface area (Å²) in [6, 6.07) is 0. The molecule has 0 radical (unpaired) electrons. The molecule has 76 valence electrons. The van der Waals surface area contributed by atoms with Gasteiger partial charge >= 0.3 is 12.1 Å². The summed E-state index contributed by atoms with van der Waals surface area (Å²) in [5.41, 5.74) is -0.698. The number of hydrogen-bond donors (Lipinski definition) is 2. The van der Waals surface area contributed by atoms with Crippen LogP contribution in [0.4, 0.5) is 4.79 Å². The number of hydrogen-bond acceptors (Lipinski definition) is 4. The van der Waals surface area contributed by atoms with Crippen molar-refractivity contribution in [2.24, 2.45) is 5.41 Å². The van der Waals surface area contributed by atoms with Gasteiger partial charge in [0.25, 0.3) is 0 Å². The fourth-order valence-electron chi connectivity index (χ4n) is 0.431. The minimum absolute atomic E-state index is 0.0796. The summed E-state index contributed by atoms with van der Waals surface area (Å²) in [6.45, 7) is 4.84. The number of carbonyl (C=O) groups is 2. The van der Waals surface area contributed by atoms with Gasteiger partial charge in [0.05, 0.1) is 12.0 Å². The molecule has 0 fully saturated rings. The lowest BCUT2D eigenvalue weighted by Crippen LogP contribution is -2.33. The topological polar surface area (TPSA) is 75.6 Å². The standard InChI is InChI=1S/C8H15NO4/c1-8(2,3)6(11)13-7(12)9-4-5-10/h10H,4-5H2,1-3H3,(H,9,12). The Morgan fingerprint density at radius 2 is 1.92 bits per heavy atom. The Balaban J connectivity index is 3.86. The zero-order valence-corrected chi connectivity index (χ0v) is 8.09. The molecule has 2 N–H and O–H groups in total. The normalized spacial score (nSPS) is 10.8. The van der Waals surface area contributed by atoms with E-state index in [2.05, 4.69) is 10.1 Å². The van der Waals surface area contributed by atoms with E-state index in [0.29, 0.717) is 0 Å². The number of aliphatic hydroxyl groups excluding tert-OH is 1. The molecule has 5 heteroatoms. The lowest BCUT2D eigenvalue weighted by Gasteiger charge is -2.15. The van der Waals surface area contributed by atoms with Gasteiger partial charge in [0.2, 0.25) is 0 Å². The number of esters is 1. The molecule has 0 spiro atoms. The van der Waals surface area contributed by atoms with Gasteiger partial charge in [-0.25, -0.2) is 4.79 Å². The molecule has 5 nitrogen and oxygen atoms in total. The molecule has 0 aromatic rings. The maximum Gasteiger partial charge on any atom is 0.414 e. The van der Waals surface area contributed by atoms with E-state index in [1.54, 1.807) is 20.8 Å². The van der Waals surface area contributed by atoms with Gasteiger partial charge in [-0.15, -0.1) is 0 Å². The lowest BCUT2D eigenvalue weighted by atomic mass is 9.98. The van der Waals surface area contributed by atoms with E-state index in [4.69, 9.17) is 5.11 Å². The largest absolute Gasteiger partial charge is 0.414 e. The molecule has 0 rings (SSSR count). The minimum atomic E-state index is -0.825. The van der Waals surface area contributed by atoms with Gasteiger partial charge < -0.3 is 15.2 Å². The van der Waals surface area contributed by atoms with Crippen LogP contribution in [-0.4, -0.2) is 30.3 Å². The Kier molecular flexibility index (Phi) is 4.40. The van der Waals surface area contributed by atoms with E-state index in [1.165, 1.54) is 0 Å². The molecule has 0 aliphatic rings. The van der Waals surface area contributed by atoms with Crippen molar-refractivity contribution >= 4 is 12.1 Å². The van der Waals surface area contributed by atoms with E-state index in [1.807, 2.05) is 0 Å². The van der Waals surface area contributed by atoms with Crippen LogP contribution in [0.25, 0.3) is 0 Å². The summed E-state index contributed by atoms with van der Waals surface area (Å²) in [4.78, 5) is 21.9. The van der Waals surface area contributed by atoms with Crippen LogP contribution in [-0.2, 0) is 9.53 Å². The van der Waals surface area contributed by atoms with E-state index in [-0.39, 0.29) is 13.2 Å². The Morgan fingerprint density at radius 1 is 1.38 bits per heavy atom. The van der Waals surface area contributed by atoms with E-state index < -0.39 is 17.5 Å². The van der Waals surface area contributed by atoms with Crippen molar-refractivity contribution in [2.45, 2.75) is 20.8 Å². The zero-order valence-electron chi connectivity index (χ0n) is 8.09. The Bertz CT molecular complexity index is 195. The van der Waals surface area contributed by atoms with Crippen molar-refractivity contribution in [1.29, 1.82) is 0 Å².